The lowest BCUT2D eigenvalue weighted by molar-refractivity contribution is 0.515. The Hall–Kier alpha value is -2.02. The maximum absolute atomic E-state index is 13.3. The fourth-order valence-corrected chi connectivity index (χ4v) is 2.70. The summed E-state index contributed by atoms with van der Waals surface area (Å²) in [5.41, 5.74) is 0.495. The molecule has 0 bridgehead atoms. The summed E-state index contributed by atoms with van der Waals surface area (Å²) in [5.74, 6) is -2.39. The molecule has 20 heavy (non-hydrogen) atoms. The number of benzene rings is 1. The van der Waals surface area contributed by atoms with Crippen LogP contribution in [0.1, 0.15) is 5.56 Å². The van der Waals surface area contributed by atoms with E-state index in [1.807, 2.05) is 6.07 Å². The summed E-state index contributed by atoms with van der Waals surface area (Å²) in [6.45, 7) is 0. The van der Waals surface area contributed by atoms with Crippen LogP contribution in [0.5, 0.6) is 0 Å². The van der Waals surface area contributed by atoms with Gasteiger partial charge in [-0.2, -0.15) is 13.8 Å². The SMILES string of the molecule is O=S(=O)(CCc1ccccc1)Nc1ccc(F)nc1F. The minimum atomic E-state index is -3.72. The van der Waals surface area contributed by atoms with E-state index in [-0.39, 0.29) is 11.4 Å². The first-order valence-corrected chi connectivity index (χ1v) is 7.48. The van der Waals surface area contributed by atoms with Crippen LogP contribution in [0.3, 0.4) is 0 Å². The molecule has 1 heterocycles. The van der Waals surface area contributed by atoms with E-state index in [0.717, 1.165) is 17.7 Å². The number of pyridine rings is 1. The number of anilines is 1. The molecule has 0 saturated heterocycles. The van der Waals surface area contributed by atoms with Gasteiger partial charge in [0.05, 0.1) is 5.75 Å². The average molecular weight is 298 g/mol. The second-order valence-electron chi connectivity index (χ2n) is 4.13. The van der Waals surface area contributed by atoms with Crippen molar-refractivity contribution in [2.45, 2.75) is 6.42 Å². The number of aromatic nitrogens is 1. The first-order chi connectivity index (χ1) is 9.46. The predicted molar refractivity (Wildman–Crippen MR) is 71.7 cm³/mol. The summed E-state index contributed by atoms with van der Waals surface area (Å²) in [6.07, 6.45) is 0.298. The number of aryl methyl sites for hydroxylation is 1. The Morgan fingerprint density at radius 3 is 2.40 bits per heavy atom. The van der Waals surface area contributed by atoms with Crippen molar-refractivity contribution >= 4 is 15.7 Å². The van der Waals surface area contributed by atoms with Crippen LogP contribution in [0.2, 0.25) is 0 Å². The van der Waals surface area contributed by atoms with Gasteiger partial charge in [0, 0.05) is 0 Å². The van der Waals surface area contributed by atoms with Gasteiger partial charge in [-0.05, 0) is 24.1 Å². The number of halogens is 2. The third kappa shape index (κ3) is 3.99. The molecular formula is C13H12F2N2O2S. The van der Waals surface area contributed by atoms with Crippen molar-refractivity contribution in [2.75, 3.05) is 10.5 Å². The van der Waals surface area contributed by atoms with E-state index >= 15 is 0 Å². The van der Waals surface area contributed by atoms with Crippen molar-refractivity contribution < 1.29 is 17.2 Å². The molecule has 0 atom stereocenters. The summed E-state index contributed by atoms with van der Waals surface area (Å²) in [5, 5.41) is 0. The van der Waals surface area contributed by atoms with E-state index < -0.39 is 21.9 Å². The molecule has 0 saturated carbocycles. The average Bonchev–Trinajstić information content (AvgIpc) is 2.41. The van der Waals surface area contributed by atoms with E-state index in [2.05, 4.69) is 9.71 Å². The van der Waals surface area contributed by atoms with Crippen molar-refractivity contribution in [2.24, 2.45) is 0 Å². The first kappa shape index (κ1) is 14.4. The summed E-state index contributed by atoms with van der Waals surface area (Å²) < 4.78 is 51.6. The van der Waals surface area contributed by atoms with Crippen LogP contribution < -0.4 is 4.72 Å². The fraction of sp³-hybridized carbons (Fsp3) is 0.154. The second kappa shape index (κ2) is 5.96. The molecule has 106 valence electrons. The molecule has 0 spiro atoms. The predicted octanol–water partition coefficient (Wildman–Crippen LogP) is 2.34. The highest BCUT2D eigenvalue weighted by molar-refractivity contribution is 7.92. The Morgan fingerprint density at radius 1 is 1.05 bits per heavy atom. The van der Waals surface area contributed by atoms with Crippen LogP contribution in [0.15, 0.2) is 42.5 Å². The summed E-state index contributed by atoms with van der Waals surface area (Å²) in [7, 11) is -3.72. The highest BCUT2D eigenvalue weighted by Gasteiger charge is 2.14. The molecule has 0 radical (unpaired) electrons. The van der Waals surface area contributed by atoms with Gasteiger partial charge in [-0.3, -0.25) is 4.72 Å². The van der Waals surface area contributed by atoms with Crippen molar-refractivity contribution in [1.29, 1.82) is 0 Å². The summed E-state index contributed by atoms with van der Waals surface area (Å²) >= 11 is 0. The van der Waals surface area contributed by atoms with Crippen LogP contribution in [0.25, 0.3) is 0 Å². The lowest BCUT2D eigenvalue weighted by Gasteiger charge is -2.08. The van der Waals surface area contributed by atoms with Gasteiger partial charge in [-0.1, -0.05) is 30.3 Å². The lowest BCUT2D eigenvalue weighted by Crippen LogP contribution is -2.19. The number of sulfonamides is 1. The third-order valence-corrected chi connectivity index (χ3v) is 3.85. The van der Waals surface area contributed by atoms with E-state index in [1.54, 1.807) is 24.3 Å². The molecule has 0 unspecified atom stereocenters. The van der Waals surface area contributed by atoms with Gasteiger partial charge in [-0.15, -0.1) is 0 Å². The molecule has 2 aromatic rings. The molecule has 7 heteroatoms. The van der Waals surface area contributed by atoms with E-state index in [0.29, 0.717) is 6.42 Å². The Balaban J connectivity index is 2.04. The Bertz CT molecular complexity index is 691. The topological polar surface area (TPSA) is 59.1 Å². The second-order valence-corrected chi connectivity index (χ2v) is 5.97. The molecule has 1 aromatic heterocycles. The van der Waals surface area contributed by atoms with Gasteiger partial charge in [0.15, 0.2) is 0 Å². The number of nitrogens with one attached hydrogen (secondary N) is 1. The monoisotopic (exact) mass is 298 g/mol. The molecule has 0 aliphatic carbocycles. The fourth-order valence-electron chi connectivity index (χ4n) is 1.60. The highest BCUT2D eigenvalue weighted by Crippen LogP contribution is 2.14. The zero-order valence-electron chi connectivity index (χ0n) is 10.4. The molecule has 1 aromatic carbocycles. The van der Waals surface area contributed by atoms with Gasteiger partial charge in [0.1, 0.15) is 5.69 Å². The molecular weight excluding hydrogens is 286 g/mol. The molecule has 0 fully saturated rings. The van der Waals surface area contributed by atoms with Crippen molar-refractivity contribution in [3.8, 4) is 0 Å². The first-order valence-electron chi connectivity index (χ1n) is 5.83. The van der Waals surface area contributed by atoms with Gasteiger partial charge in [-0.25, -0.2) is 8.42 Å². The van der Waals surface area contributed by atoms with Crippen LogP contribution in [-0.2, 0) is 16.4 Å². The van der Waals surface area contributed by atoms with Gasteiger partial charge < -0.3 is 0 Å². The van der Waals surface area contributed by atoms with Crippen molar-refractivity contribution in [3.05, 3.63) is 59.9 Å². The molecule has 2 rings (SSSR count). The quantitative estimate of drug-likeness (QED) is 0.862. The van der Waals surface area contributed by atoms with Crippen molar-refractivity contribution in [1.82, 2.24) is 4.98 Å². The van der Waals surface area contributed by atoms with Crippen LogP contribution >= 0.6 is 0 Å². The van der Waals surface area contributed by atoms with Crippen LogP contribution in [0.4, 0.5) is 14.5 Å². The van der Waals surface area contributed by atoms with Crippen molar-refractivity contribution in [3.63, 3.8) is 0 Å². The third-order valence-electron chi connectivity index (χ3n) is 2.58. The number of nitrogens with zero attached hydrogens (tertiary/aromatic N) is 1. The van der Waals surface area contributed by atoms with Gasteiger partial charge in [0.25, 0.3) is 0 Å². The minimum Gasteiger partial charge on any atom is -0.279 e. The van der Waals surface area contributed by atoms with Crippen LogP contribution in [0, 0.1) is 11.9 Å². The number of hydrogen-bond acceptors (Lipinski definition) is 3. The molecule has 0 amide bonds. The van der Waals surface area contributed by atoms with Crippen LogP contribution in [-0.4, -0.2) is 19.2 Å². The normalized spacial score (nSPS) is 11.3. The zero-order valence-corrected chi connectivity index (χ0v) is 11.2. The maximum Gasteiger partial charge on any atom is 0.239 e. The smallest absolute Gasteiger partial charge is 0.239 e. The largest absolute Gasteiger partial charge is 0.279 e. The standard InChI is InChI=1S/C13H12F2N2O2S/c14-12-7-6-11(13(15)16-12)17-20(18,19)9-8-10-4-2-1-3-5-10/h1-7,17H,8-9H2. The Kier molecular flexibility index (Phi) is 4.29. The van der Waals surface area contributed by atoms with Gasteiger partial charge >= 0.3 is 0 Å². The molecule has 0 aliphatic rings. The minimum absolute atomic E-state index is 0.201. The Morgan fingerprint density at radius 2 is 1.75 bits per heavy atom. The molecule has 4 nitrogen and oxygen atoms in total. The maximum atomic E-state index is 13.3. The zero-order chi connectivity index (χ0) is 14.6. The highest BCUT2D eigenvalue weighted by atomic mass is 32.2. The number of rotatable bonds is 5. The van der Waals surface area contributed by atoms with E-state index in [4.69, 9.17) is 0 Å². The van der Waals surface area contributed by atoms with E-state index in [9.17, 15) is 17.2 Å². The number of hydrogen-bond donors (Lipinski definition) is 1. The summed E-state index contributed by atoms with van der Waals surface area (Å²) in [6, 6.07) is 10.9. The Labute approximate surface area is 115 Å². The molecule has 0 aliphatic heterocycles. The van der Waals surface area contributed by atoms with Gasteiger partial charge in [0.2, 0.25) is 21.9 Å². The lowest BCUT2D eigenvalue weighted by atomic mass is 10.2. The summed E-state index contributed by atoms with van der Waals surface area (Å²) in [4.78, 5) is 2.92. The molecule has 1 N–H and O–H groups in total. The van der Waals surface area contributed by atoms with E-state index in [1.165, 1.54) is 0 Å².